The molecule has 0 atom stereocenters. The first kappa shape index (κ1) is 22.6. The number of Topliss-reactive ketones (excluding diaryl/α,β-unsaturated/α-hetero) is 1. The molecule has 0 radical (unpaired) electrons. The lowest BCUT2D eigenvalue weighted by Gasteiger charge is -2.03. The Labute approximate surface area is 145 Å². The first-order chi connectivity index (χ1) is 11.5. The van der Waals surface area contributed by atoms with Crippen LogP contribution in [0.15, 0.2) is 0 Å². The lowest BCUT2D eigenvalue weighted by molar-refractivity contribution is -0.149. The Morgan fingerprint density at radius 2 is 0.750 bits per heavy atom. The molecule has 0 aromatic carbocycles. The summed E-state index contributed by atoms with van der Waals surface area (Å²) >= 11 is 0. The number of unbranched alkanes of at least 4 members (excludes halogenated alkanes) is 13. The van der Waals surface area contributed by atoms with Crippen molar-refractivity contribution >= 4 is 17.7 Å². The Hall–Kier alpha value is -1.39. The molecule has 2 N–H and O–H groups in total. The maximum Gasteiger partial charge on any atom is 0.372 e. The van der Waals surface area contributed by atoms with Gasteiger partial charge in [-0.15, -0.1) is 0 Å². The van der Waals surface area contributed by atoms with Crippen LogP contribution in [0.5, 0.6) is 0 Å². The van der Waals surface area contributed by atoms with E-state index in [1.165, 1.54) is 51.4 Å². The molecule has 0 rings (SSSR count). The minimum Gasteiger partial charge on any atom is -0.481 e. The summed E-state index contributed by atoms with van der Waals surface area (Å²) in [5, 5.41) is 17.0. The second-order valence-electron chi connectivity index (χ2n) is 6.57. The molecule has 0 fully saturated rings. The van der Waals surface area contributed by atoms with Gasteiger partial charge in [0.2, 0.25) is 5.78 Å². The van der Waals surface area contributed by atoms with E-state index in [4.69, 9.17) is 10.2 Å². The molecule has 0 aliphatic rings. The minimum atomic E-state index is -1.31. The highest BCUT2D eigenvalue weighted by atomic mass is 16.4. The number of rotatable bonds is 18. The second-order valence-corrected chi connectivity index (χ2v) is 6.57. The van der Waals surface area contributed by atoms with E-state index >= 15 is 0 Å². The largest absolute Gasteiger partial charge is 0.481 e. The number of carboxylic acid groups (broad SMARTS) is 2. The topological polar surface area (TPSA) is 91.7 Å². The average Bonchev–Trinajstić information content (AvgIpc) is 2.53. The number of aliphatic carboxylic acids is 2. The molecular formula is C19H34O5. The molecule has 0 saturated carbocycles. The highest BCUT2D eigenvalue weighted by Crippen LogP contribution is 2.13. The predicted octanol–water partition coefficient (Wildman–Crippen LogP) is 4.97. The molecule has 0 saturated heterocycles. The van der Waals surface area contributed by atoms with Gasteiger partial charge in [-0.2, -0.15) is 0 Å². The Morgan fingerprint density at radius 1 is 0.458 bits per heavy atom. The summed E-state index contributed by atoms with van der Waals surface area (Å²) in [4.78, 5) is 31.6. The first-order valence-electron chi connectivity index (χ1n) is 9.52. The summed E-state index contributed by atoms with van der Waals surface area (Å²) in [6.07, 6.45) is 16.1. The number of carboxylic acids is 2. The number of hydrogen-bond donors (Lipinski definition) is 2. The van der Waals surface area contributed by atoms with Crippen LogP contribution in [0.25, 0.3) is 0 Å². The van der Waals surface area contributed by atoms with Crippen molar-refractivity contribution in [3.63, 3.8) is 0 Å². The second kappa shape index (κ2) is 16.5. The minimum absolute atomic E-state index is 0.172. The van der Waals surface area contributed by atoms with E-state index < -0.39 is 17.7 Å². The summed E-state index contributed by atoms with van der Waals surface area (Å²) in [7, 11) is 0. The molecule has 0 bridgehead atoms. The molecule has 0 unspecified atom stereocenters. The lowest BCUT2D eigenvalue weighted by Crippen LogP contribution is -2.11. The molecule has 0 aliphatic heterocycles. The SMILES string of the molecule is O=C(O)CCCCCCCCCCCCCCCCC(=O)C(=O)O. The van der Waals surface area contributed by atoms with Crippen LogP contribution in [0.2, 0.25) is 0 Å². The van der Waals surface area contributed by atoms with Gasteiger partial charge in [-0.3, -0.25) is 9.59 Å². The molecule has 0 amide bonds. The molecule has 0 aromatic heterocycles. The standard InChI is InChI=1S/C19H34O5/c20-17(19(23)24)15-13-11-9-7-5-3-1-2-4-6-8-10-12-14-16-18(21)22/h1-16H2,(H,21,22)(H,23,24). The van der Waals surface area contributed by atoms with Crippen molar-refractivity contribution in [1.29, 1.82) is 0 Å². The van der Waals surface area contributed by atoms with E-state index in [1.54, 1.807) is 0 Å². The third-order valence-electron chi connectivity index (χ3n) is 4.28. The van der Waals surface area contributed by atoms with Gasteiger partial charge in [-0.25, -0.2) is 4.79 Å². The molecule has 24 heavy (non-hydrogen) atoms. The van der Waals surface area contributed by atoms with Crippen LogP contribution in [-0.4, -0.2) is 27.9 Å². The van der Waals surface area contributed by atoms with Gasteiger partial charge in [-0.05, 0) is 12.8 Å². The van der Waals surface area contributed by atoms with Gasteiger partial charge in [0.1, 0.15) is 0 Å². The van der Waals surface area contributed by atoms with Crippen LogP contribution in [0.3, 0.4) is 0 Å². The number of carbonyl (C=O) groups excluding carboxylic acids is 1. The van der Waals surface area contributed by atoms with E-state index in [9.17, 15) is 14.4 Å². The Morgan fingerprint density at radius 3 is 1.04 bits per heavy atom. The predicted molar refractivity (Wildman–Crippen MR) is 94.2 cm³/mol. The fourth-order valence-electron chi connectivity index (χ4n) is 2.79. The van der Waals surface area contributed by atoms with Crippen molar-refractivity contribution < 1.29 is 24.6 Å². The normalized spacial score (nSPS) is 10.7. The van der Waals surface area contributed by atoms with E-state index in [2.05, 4.69) is 0 Å². The van der Waals surface area contributed by atoms with E-state index in [-0.39, 0.29) is 6.42 Å². The van der Waals surface area contributed by atoms with Crippen molar-refractivity contribution in [3.05, 3.63) is 0 Å². The first-order valence-corrected chi connectivity index (χ1v) is 9.52. The van der Waals surface area contributed by atoms with Gasteiger partial charge in [0.15, 0.2) is 0 Å². The molecule has 5 nitrogen and oxygen atoms in total. The van der Waals surface area contributed by atoms with Crippen molar-refractivity contribution in [1.82, 2.24) is 0 Å². The highest BCUT2D eigenvalue weighted by molar-refractivity contribution is 6.32. The zero-order chi connectivity index (χ0) is 18.0. The smallest absolute Gasteiger partial charge is 0.372 e. The van der Waals surface area contributed by atoms with Crippen LogP contribution in [0.4, 0.5) is 0 Å². The van der Waals surface area contributed by atoms with Crippen LogP contribution in [-0.2, 0) is 14.4 Å². The molecule has 140 valence electrons. The van der Waals surface area contributed by atoms with Crippen molar-refractivity contribution in [2.75, 3.05) is 0 Å². The van der Waals surface area contributed by atoms with Gasteiger partial charge < -0.3 is 10.2 Å². The average molecular weight is 342 g/mol. The van der Waals surface area contributed by atoms with Crippen molar-refractivity contribution in [3.8, 4) is 0 Å². The number of hydrogen-bond acceptors (Lipinski definition) is 3. The fraction of sp³-hybridized carbons (Fsp3) is 0.842. The zero-order valence-electron chi connectivity index (χ0n) is 14.9. The third-order valence-corrected chi connectivity index (χ3v) is 4.28. The third kappa shape index (κ3) is 17.0. The summed E-state index contributed by atoms with van der Waals surface area (Å²) in [6.45, 7) is 0. The van der Waals surface area contributed by atoms with Crippen LogP contribution in [0.1, 0.15) is 103 Å². The van der Waals surface area contributed by atoms with Gasteiger partial charge in [0, 0.05) is 12.8 Å². The summed E-state index contributed by atoms with van der Waals surface area (Å²) in [6, 6.07) is 0. The Balaban J connectivity index is 3.09. The van der Waals surface area contributed by atoms with Gasteiger partial charge in [0.05, 0.1) is 0 Å². The monoisotopic (exact) mass is 342 g/mol. The summed E-state index contributed by atoms with van der Waals surface area (Å²) in [5.74, 6) is -2.67. The van der Waals surface area contributed by atoms with Gasteiger partial charge in [0.25, 0.3) is 0 Å². The molecule has 0 heterocycles. The van der Waals surface area contributed by atoms with Crippen molar-refractivity contribution in [2.24, 2.45) is 0 Å². The van der Waals surface area contributed by atoms with Crippen molar-refractivity contribution in [2.45, 2.75) is 103 Å². The fourth-order valence-corrected chi connectivity index (χ4v) is 2.79. The molecule has 5 heteroatoms. The lowest BCUT2D eigenvalue weighted by atomic mass is 10.0. The molecule has 0 spiro atoms. The highest BCUT2D eigenvalue weighted by Gasteiger charge is 2.09. The van der Waals surface area contributed by atoms with E-state index in [0.29, 0.717) is 12.8 Å². The summed E-state index contributed by atoms with van der Waals surface area (Å²) < 4.78 is 0. The number of carbonyl (C=O) groups is 3. The zero-order valence-corrected chi connectivity index (χ0v) is 14.9. The van der Waals surface area contributed by atoms with Crippen LogP contribution < -0.4 is 0 Å². The Bertz CT molecular complexity index is 352. The Kier molecular flexibility index (Phi) is 15.5. The quantitative estimate of drug-likeness (QED) is 0.271. The van der Waals surface area contributed by atoms with Gasteiger partial charge in [-0.1, -0.05) is 77.0 Å². The van der Waals surface area contributed by atoms with E-state index in [0.717, 1.165) is 32.1 Å². The molecule has 0 aromatic rings. The number of ketones is 1. The molecular weight excluding hydrogens is 308 g/mol. The maximum atomic E-state index is 10.9. The molecule has 0 aliphatic carbocycles. The maximum absolute atomic E-state index is 10.9. The van der Waals surface area contributed by atoms with E-state index in [1.807, 2.05) is 0 Å². The van der Waals surface area contributed by atoms with Gasteiger partial charge >= 0.3 is 11.9 Å². The van der Waals surface area contributed by atoms with Crippen LogP contribution in [0, 0.1) is 0 Å². The van der Waals surface area contributed by atoms with Crippen LogP contribution >= 0.6 is 0 Å². The summed E-state index contributed by atoms with van der Waals surface area (Å²) in [5.41, 5.74) is 0.